The molecular weight excluding hydrogens is 182 g/mol. The van der Waals surface area contributed by atoms with Gasteiger partial charge in [-0.1, -0.05) is 0 Å². The first-order valence-corrected chi connectivity index (χ1v) is 2.95. The lowest BCUT2D eigenvalue weighted by atomic mass is 10.3. The monoisotopic (exact) mass is 191 g/mol. The molecule has 5 N–H and O–H groups in total. The van der Waals surface area contributed by atoms with Crippen LogP contribution in [0, 0.1) is 0 Å². The maximum absolute atomic E-state index is 9.65. The van der Waals surface area contributed by atoms with E-state index in [1.54, 1.807) is 0 Å². The summed E-state index contributed by atoms with van der Waals surface area (Å²) >= 11 is 0. The minimum absolute atomic E-state index is 0.389. The van der Waals surface area contributed by atoms with E-state index in [1.807, 2.05) is 0 Å². The molecule has 0 aliphatic heterocycles. The molecule has 0 rings (SSSR count). The third-order valence-corrected chi connectivity index (χ3v) is 0.682. The van der Waals surface area contributed by atoms with Crippen LogP contribution in [0.2, 0.25) is 0 Å². The highest BCUT2D eigenvalue weighted by Crippen LogP contribution is 1.71. The Kier molecular flexibility index (Phi) is 8.85. The Balaban J connectivity index is 0. The summed E-state index contributed by atoms with van der Waals surface area (Å²) in [5.74, 6) is -2.43. The number of aliphatic hydroxyl groups is 1. The van der Waals surface area contributed by atoms with Gasteiger partial charge in [-0.25, -0.2) is 4.79 Å². The van der Waals surface area contributed by atoms with Crippen molar-refractivity contribution in [1.82, 2.24) is 0 Å². The van der Waals surface area contributed by atoms with E-state index in [-0.39, 0.29) is 0 Å². The number of carboxylic acids is 2. The molecule has 0 aromatic heterocycles. The molecule has 0 amide bonds. The maximum atomic E-state index is 9.65. The number of carboxylic acid groups (broad SMARTS) is 2. The number of hydrogen-bond donors (Lipinski definition) is 4. The number of rotatable bonds is 3. The normalized spacial score (nSPS) is 10.0. The van der Waals surface area contributed by atoms with Crippen LogP contribution in [-0.4, -0.2) is 50.9 Å². The van der Waals surface area contributed by atoms with Crippen LogP contribution in [0.3, 0.4) is 0 Å². The zero-order valence-corrected chi connectivity index (χ0v) is 6.49. The topological polar surface area (TPSA) is 157 Å². The lowest BCUT2D eigenvalue weighted by Crippen LogP contribution is -2.33. The number of carbonyl (C=O) groups is 2. The van der Waals surface area contributed by atoms with E-state index in [9.17, 15) is 9.59 Å². The Morgan fingerprint density at radius 1 is 1.54 bits per heavy atom. The highest BCUT2D eigenvalue weighted by atomic mass is 16.4. The second-order valence-electron chi connectivity index (χ2n) is 1.71. The molecule has 0 saturated carbocycles. The summed E-state index contributed by atoms with van der Waals surface area (Å²) in [5, 5.41) is 23.5. The molecule has 0 aromatic carbocycles. The number of aliphatic hydroxyl groups excluding tert-OH is 1. The average Bonchev–Trinajstić information content (AvgIpc) is 2.03. The van der Waals surface area contributed by atoms with Crippen molar-refractivity contribution >= 4 is 18.2 Å². The van der Waals surface area contributed by atoms with E-state index in [2.05, 4.69) is 4.79 Å². The van der Waals surface area contributed by atoms with E-state index in [0.717, 1.165) is 0 Å². The fourth-order valence-corrected chi connectivity index (χ4v) is 0.127. The number of aliphatic carboxylic acids is 2. The van der Waals surface area contributed by atoms with Gasteiger partial charge >= 0.3 is 18.2 Å². The number of nitrogens with zero attached hydrogens (tertiary/aromatic N) is 2. The Hall–Kier alpha value is -1.76. The van der Waals surface area contributed by atoms with Gasteiger partial charge in [-0.05, 0) is 0 Å². The van der Waals surface area contributed by atoms with Crippen molar-refractivity contribution in [1.29, 1.82) is 0 Å². The summed E-state index contributed by atoms with van der Waals surface area (Å²) in [6.07, 6.45) is 0.389. The van der Waals surface area contributed by atoms with Crippen molar-refractivity contribution in [2.45, 2.75) is 6.04 Å². The minimum Gasteiger partial charge on any atom is -0.480 e. The number of hydrogen-bond acceptors (Lipinski definition) is 4. The molecule has 0 aliphatic rings. The molecule has 0 spiro atoms. The Labute approximate surface area is 72.8 Å². The first-order chi connectivity index (χ1) is 5.95. The van der Waals surface area contributed by atoms with Gasteiger partial charge in [0.15, 0.2) is 0 Å². The van der Waals surface area contributed by atoms with Crippen molar-refractivity contribution in [3.05, 3.63) is 5.53 Å². The zero-order chi connectivity index (χ0) is 10.9. The van der Waals surface area contributed by atoms with E-state index < -0.39 is 24.6 Å². The van der Waals surface area contributed by atoms with Crippen LogP contribution in [0.4, 0.5) is 0 Å². The lowest BCUT2D eigenvalue weighted by Gasteiger charge is -1.96. The molecule has 0 aliphatic carbocycles. The van der Waals surface area contributed by atoms with E-state index in [1.165, 1.54) is 0 Å². The molecule has 0 heterocycles. The first-order valence-electron chi connectivity index (χ1n) is 2.95. The molecule has 0 fully saturated rings. The standard InChI is InChI=1S/C3H7NO3.C2H2N2O2/c4-2(1-5)3(6)7;3-4-1-2(5)6/h2,5H,1,4H2,(H,6,7);1H,(H,5,6)/t2-;/m0./s1. The Bertz CT molecular complexity index is 222. The van der Waals surface area contributed by atoms with Crippen molar-refractivity contribution in [3.8, 4) is 0 Å². The van der Waals surface area contributed by atoms with Crippen LogP contribution < -0.4 is 5.73 Å². The van der Waals surface area contributed by atoms with Crippen molar-refractivity contribution < 1.29 is 29.7 Å². The number of nitrogens with two attached hydrogens (primary N) is 1. The van der Waals surface area contributed by atoms with Crippen LogP contribution in [-0.2, 0) is 9.59 Å². The summed E-state index contributed by atoms with van der Waals surface area (Å²) in [5.41, 5.74) is 12.2. The summed E-state index contributed by atoms with van der Waals surface area (Å²) in [6, 6.07) is -1.13. The molecule has 0 aromatic rings. The van der Waals surface area contributed by atoms with Crippen LogP contribution in [0.5, 0.6) is 0 Å². The molecule has 0 unspecified atom stereocenters. The predicted molar refractivity (Wildman–Crippen MR) is 40.0 cm³/mol. The van der Waals surface area contributed by atoms with Gasteiger partial charge in [0.05, 0.1) is 6.61 Å². The van der Waals surface area contributed by atoms with Crippen LogP contribution >= 0.6 is 0 Å². The molecule has 0 radical (unpaired) electrons. The SMILES string of the molecule is N[C@@H](CO)C(=O)O.[N-]=[N+]=CC(=O)O. The molecule has 8 nitrogen and oxygen atoms in total. The van der Waals surface area contributed by atoms with E-state index >= 15 is 0 Å². The summed E-state index contributed by atoms with van der Waals surface area (Å²) in [7, 11) is 0. The van der Waals surface area contributed by atoms with Gasteiger partial charge in [-0.2, -0.15) is 4.79 Å². The quantitative estimate of drug-likeness (QED) is 0.224. The summed E-state index contributed by atoms with van der Waals surface area (Å²) in [4.78, 5) is 21.1. The highest BCUT2D eigenvalue weighted by Gasteiger charge is 2.06. The summed E-state index contributed by atoms with van der Waals surface area (Å²) < 4.78 is 0. The molecule has 74 valence electrons. The average molecular weight is 191 g/mol. The fraction of sp³-hybridized carbons (Fsp3) is 0.400. The van der Waals surface area contributed by atoms with Gasteiger partial charge in [-0.3, -0.25) is 4.79 Å². The molecule has 0 bridgehead atoms. The van der Waals surface area contributed by atoms with E-state index in [4.69, 9.17) is 26.6 Å². The third kappa shape index (κ3) is 13.3. The highest BCUT2D eigenvalue weighted by molar-refractivity contribution is 6.19. The van der Waals surface area contributed by atoms with Crippen LogP contribution in [0.1, 0.15) is 0 Å². The van der Waals surface area contributed by atoms with Gasteiger partial charge in [-0.15, -0.1) is 0 Å². The van der Waals surface area contributed by atoms with Crippen LogP contribution in [0.25, 0.3) is 5.53 Å². The van der Waals surface area contributed by atoms with Crippen molar-refractivity contribution in [2.75, 3.05) is 6.61 Å². The van der Waals surface area contributed by atoms with Crippen molar-refractivity contribution in [2.24, 2.45) is 5.73 Å². The molecule has 0 saturated heterocycles. The largest absolute Gasteiger partial charge is 0.480 e. The third-order valence-electron chi connectivity index (χ3n) is 0.682. The fourth-order valence-electron chi connectivity index (χ4n) is 0.127. The van der Waals surface area contributed by atoms with Gasteiger partial charge in [0.1, 0.15) is 6.04 Å². The van der Waals surface area contributed by atoms with Crippen LogP contribution in [0.15, 0.2) is 0 Å². The Morgan fingerprint density at radius 3 is 2.00 bits per heavy atom. The van der Waals surface area contributed by atoms with Crippen molar-refractivity contribution in [3.63, 3.8) is 0 Å². The van der Waals surface area contributed by atoms with Gasteiger partial charge < -0.3 is 26.6 Å². The zero-order valence-electron chi connectivity index (χ0n) is 6.49. The minimum atomic E-state index is -1.25. The maximum Gasteiger partial charge on any atom is 0.411 e. The molecule has 8 heteroatoms. The Morgan fingerprint density at radius 2 is 2.00 bits per heavy atom. The second kappa shape index (κ2) is 8.34. The van der Waals surface area contributed by atoms with E-state index in [0.29, 0.717) is 6.21 Å². The molecular formula is C5H9N3O5. The molecule has 1 atom stereocenters. The molecule has 13 heavy (non-hydrogen) atoms. The summed E-state index contributed by atoms with van der Waals surface area (Å²) in [6.45, 7) is -0.505. The van der Waals surface area contributed by atoms with Gasteiger partial charge in [0.2, 0.25) is 0 Å². The lowest BCUT2D eigenvalue weighted by molar-refractivity contribution is -0.139. The van der Waals surface area contributed by atoms with Gasteiger partial charge in [0.25, 0.3) is 0 Å². The second-order valence-corrected chi connectivity index (χ2v) is 1.71. The predicted octanol–water partition coefficient (Wildman–Crippen LogP) is -2.24. The van der Waals surface area contributed by atoms with Gasteiger partial charge in [0, 0.05) is 0 Å². The smallest absolute Gasteiger partial charge is 0.411 e. The first kappa shape index (κ1) is 13.8.